The van der Waals surface area contributed by atoms with E-state index in [9.17, 15) is 0 Å². The molecular formula is C4H6N3+. The van der Waals surface area contributed by atoms with Gasteiger partial charge in [0.15, 0.2) is 13.4 Å². The summed E-state index contributed by atoms with van der Waals surface area (Å²) in [5.41, 5.74) is 0. The minimum Gasteiger partial charge on any atom is -0.233 e. The van der Waals surface area contributed by atoms with Gasteiger partial charge in [0, 0.05) is 5.10 Å². The fraction of sp³-hybridized carbons (Fsp3) is 0.250. The fourth-order valence-corrected chi connectivity index (χ4v) is 0.323. The molecule has 0 unspecified atom stereocenters. The van der Waals surface area contributed by atoms with Crippen molar-refractivity contribution in [3.05, 3.63) is 18.7 Å². The Morgan fingerprint density at radius 2 is 2.43 bits per heavy atom. The molecule has 0 radical (unpaired) electrons. The Bertz CT molecular complexity index is 137. The number of hydrogen-bond acceptors (Lipinski definition) is 2. The molecule has 0 bridgehead atoms. The zero-order valence-electron chi connectivity index (χ0n) is 4.07. The van der Waals surface area contributed by atoms with Crippen molar-refractivity contribution >= 4 is 0 Å². The van der Waals surface area contributed by atoms with Gasteiger partial charge in [0.2, 0.25) is 6.20 Å². The molecule has 0 spiro atoms. The zero-order valence-corrected chi connectivity index (χ0v) is 4.07. The SMILES string of the molecule is C[n+]1ccncn1. The van der Waals surface area contributed by atoms with Crippen LogP contribution in [0.5, 0.6) is 0 Å². The summed E-state index contributed by atoms with van der Waals surface area (Å²) in [6.07, 6.45) is 4.97. The van der Waals surface area contributed by atoms with E-state index in [-0.39, 0.29) is 0 Å². The molecule has 0 aliphatic rings. The molecule has 1 aromatic heterocycles. The van der Waals surface area contributed by atoms with Crippen molar-refractivity contribution in [2.75, 3.05) is 0 Å². The highest BCUT2D eigenvalue weighted by Crippen LogP contribution is 1.56. The van der Waals surface area contributed by atoms with E-state index in [1.54, 1.807) is 17.1 Å². The molecule has 3 heteroatoms. The summed E-state index contributed by atoms with van der Waals surface area (Å²) in [5.74, 6) is 0. The third kappa shape index (κ3) is 0.924. The third-order valence-electron chi connectivity index (χ3n) is 0.669. The molecule has 0 fully saturated rings. The summed E-state index contributed by atoms with van der Waals surface area (Å²) in [5, 5.41) is 3.78. The molecule has 0 amide bonds. The Morgan fingerprint density at radius 3 is 2.71 bits per heavy atom. The van der Waals surface area contributed by atoms with Crippen LogP contribution in [0.1, 0.15) is 0 Å². The number of aromatic nitrogens is 3. The van der Waals surface area contributed by atoms with Crippen LogP contribution in [0.4, 0.5) is 0 Å². The molecule has 0 saturated carbocycles. The quantitative estimate of drug-likeness (QED) is 0.400. The van der Waals surface area contributed by atoms with Crippen LogP contribution in [0, 0.1) is 0 Å². The average Bonchev–Trinajstić information content (AvgIpc) is 1.69. The Morgan fingerprint density at radius 1 is 1.57 bits per heavy atom. The molecule has 3 nitrogen and oxygen atoms in total. The first-order valence-corrected chi connectivity index (χ1v) is 2.01. The van der Waals surface area contributed by atoms with Crippen molar-refractivity contribution in [2.45, 2.75) is 0 Å². The van der Waals surface area contributed by atoms with E-state index in [1.807, 2.05) is 7.05 Å². The van der Waals surface area contributed by atoms with E-state index in [0.717, 1.165) is 0 Å². The van der Waals surface area contributed by atoms with Crippen molar-refractivity contribution in [3.8, 4) is 0 Å². The summed E-state index contributed by atoms with van der Waals surface area (Å²) in [6, 6.07) is 0. The van der Waals surface area contributed by atoms with Gasteiger partial charge in [-0.3, -0.25) is 0 Å². The summed E-state index contributed by atoms with van der Waals surface area (Å²) < 4.78 is 1.69. The second-order valence-electron chi connectivity index (χ2n) is 1.25. The van der Waals surface area contributed by atoms with Crippen LogP contribution in [-0.2, 0) is 7.05 Å². The Balaban J connectivity index is 3.02. The minimum absolute atomic E-state index is 1.50. The maximum absolute atomic E-state index is 3.78. The molecule has 7 heavy (non-hydrogen) atoms. The predicted octanol–water partition coefficient (Wildman–Crippen LogP) is -0.699. The lowest BCUT2D eigenvalue weighted by Gasteiger charge is -1.74. The van der Waals surface area contributed by atoms with Gasteiger partial charge in [0.25, 0.3) is 0 Å². The zero-order chi connectivity index (χ0) is 5.11. The Hall–Kier alpha value is -0.990. The lowest BCUT2D eigenvalue weighted by atomic mass is 10.9. The second kappa shape index (κ2) is 1.64. The van der Waals surface area contributed by atoms with Crippen LogP contribution in [0.3, 0.4) is 0 Å². The highest BCUT2D eigenvalue weighted by molar-refractivity contribution is 4.52. The molecule has 1 heterocycles. The molecule has 1 aromatic rings. The molecule has 0 saturated heterocycles. The second-order valence-corrected chi connectivity index (χ2v) is 1.25. The molecule has 0 aromatic carbocycles. The maximum Gasteiger partial charge on any atom is 0.214 e. The van der Waals surface area contributed by atoms with Crippen molar-refractivity contribution in [2.24, 2.45) is 7.05 Å². The predicted molar refractivity (Wildman–Crippen MR) is 23.2 cm³/mol. The standard InChI is InChI=1S/C4H6N3/c1-7-3-2-5-4-6-7/h2-4H,1H3/q+1. The lowest BCUT2D eigenvalue weighted by Crippen LogP contribution is -2.31. The molecule has 0 N–H and O–H groups in total. The molecule has 0 atom stereocenters. The van der Waals surface area contributed by atoms with Gasteiger partial charge in [-0.15, -0.1) is 0 Å². The molecule has 0 aliphatic carbocycles. The van der Waals surface area contributed by atoms with Crippen LogP contribution in [0.15, 0.2) is 18.7 Å². The van der Waals surface area contributed by atoms with Crippen molar-refractivity contribution in [1.29, 1.82) is 0 Å². The summed E-state index contributed by atoms with van der Waals surface area (Å²) >= 11 is 0. The number of rotatable bonds is 0. The highest BCUT2D eigenvalue weighted by Gasteiger charge is 1.81. The highest BCUT2D eigenvalue weighted by atomic mass is 15.2. The number of hydrogen-bond donors (Lipinski definition) is 0. The molecule has 1 rings (SSSR count). The number of aryl methyl sites for hydroxylation is 1. The Labute approximate surface area is 41.6 Å². The van der Waals surface area contributed by atoms with Crippen LogP contribution in [0.2, 0.25) is 0 Å². The van der Waals surface area contributed by atoms with Crippen LogP contribution in [0.25, 0.3) is 0 Å². The average molecular weight is 96.1 g/mol. The van der Waals surface area contributed by atoms with E-state index in [0.29, 0.717) is 0 Å². The molecular weight excluding hydrogens is 90.1 g/mol. The number of nitrogens with zero attached hydrogens (tertiary/aromatic N) is 3. The van der Waals surface area contributed by atoms with Gasteiger partial charge in [-0.2, -0.15) is 0 Å². The largest absolute Gasteiger partial charge is 0.233 e. The maximum atomic E-state index is 3.78. The first-order valence-electron chi connectivity index (χ1n) is 2.01. The van der Waals surface area contributed by atoms with Crippen molar-refractivity contribution in [1.82, 2.24) is 10.1 Å². The van der Waals surface area contributed by atoms with Crippen molar-refractivity contribution in [3.63, 3.8) is 0 Å². The first kappa shape index (κ1) is 4.18. The van der Waals surface area contributed by atoms with Crippen molar-refractivity contribution < 1.29 is 4.68 Å². The van der Waals surface area contributed by atoms with E-state index in [4.69, 9.17) is 0 Å². The Kier molecular flexibility index (Phi) is 0.978. The van der Waals surface area contributed by atoms with E-state index in [1.165, 1.54) is 6.33 Å². The van der Waals surface area contributed by atoms with Gasteiger partial charge in [-0.1, -0.05) is 4.68 Å². The fourth-order valence-electron chi connectivity index (χ4n) is 0.323. The van der Waals surface area contributed by atoms with Gasteiger partial charge >= 0.3 is 0 Å². The molecule has 36 valence electrons. The van der Waals surface area contributed by atoms with Gasteiger partial charge < -0.3 is 0 Å². The molecule has 0 aliphatic heterocycles. The van der Waals surface area contributed by atoms with E-state index >= 15 is 0 Å². The first-order chi connectivity index (χ1) is 3.39. The van der Waals surface area contributed by atoms with Gasteiger partial charge in [0.05, 0.1) is 6.20 Å². The van der Waals surface area contributed by atoms with Gasteiger partial charge in [0.1, 0.15) is 0 Å². The lowest BCUT2D eigenvalue weighted by molar-refractivity contribution is -0.731. The van der Waals surface area contributed by atoms with Crippen LogP contribution < -0.4 is 4.68 Å². The summed E-state index contributed by atoms with van der Waals surface area (Å²) in [6.45, 7) is 0. The van der Waals surface area contributed by atoms with Gasteiger partial charge in [-0.05, 0) is 0 Å². The van der Waals surface area contributed by atoms with E-state index < -0.39 is 0 Å². The van der Waals surface area contributed by atoms with E-state index in [2.05, 4.69) is 10.1 Å². The monoisotopic (exact) mass is 96.1 g/mol. The van der Waals surface area contributed by atoms with Crippen LogP contribution >= 0.6 is 0 Å². The van der Waals surface area contributed by atoms with Gasteiger partial charge in [-0.25, -0.2) is 4.98 Å². The summed E-state index contributed by atoms with van der Waals surface area (Å²) in [7, 11) is 1.85. The minimum atomic E-state index is 1.50. The topological polar surface area (TPSA) is 29.7 Å². The van der Waals surface area contributed by atoms with Crippen LogP contribution in [-0.4, -0.2) is 10.1 Å². The normalized spacial score (nSPS) is 8.71. The third-order valence-corrected chi connectivity index (χ3v) is 0.669. The smallest absolute Gasteiger partial charge is 0.214 e. The summed E-state index contributed by atoms with van der Waals surface area (Å²) in [4.78, 5) is 3.71.